The van der Waals surface area contributed by atoms with E-state index >= 15 is 0 Å². The fourth-order valence-electron chi connectivity index (χ4n) is 2.83. The van der Waals surface area contributed by atoms with E-state index in [1.54, 1.807) is 0 Å². The molecule has 1 heterocycles. The fourth-order valence-corrected chi connectivity index (χ4v) is 2.83. The van der Waals surface area contributed by atoms with Crippen molar-refractivity contribution in [3.8, 4) is 0 Å². The second-order valence-electron chi connectivity index (χ2n) is 7.91. The van der Waals surface area contributed by atoms with E-state index in [0.29, 0.717) is 24.0 Å². The molecular weight excluding hydrogens is 248 g/mol. The Balaban J connectivity index is 2.21. The number of aliphatic hydroxyl groups is 1. The van der Waals surface area contributed by atoms with Gasteiger partial charge in [0.1, 0.15) is 0 Å². The molecule has 0 saturated carbocycles. The maximum Gasteiger partial charge on any atom is 0.0459 e. The molecule has 0 aromatic rings. The van der Waals surface area contributed by atoms with Crippen LogP contribution in [0.3, 0.4) is 0 Å². The summed E-state index contributed by atoms with van der Waals surface area (Å²) < 4.78 is 0. The molecule has 1 N–H and O–H groups in total. The molecule has 20 heavy (non-hydrogen) atoms. The standard InChI is InChI=1S/C17H36N2O/c1-15(2)19-12-10-18(11-13-19)9-7-16(14-20)6-8-17(3,4)5/h15-16,20H,6-14H2,1-5H3/t16-/m0/s1. The van der Waals surface area contributed by atoms with Crippen LogP contribution in [0.2, 0.25) is 0 Å². The third-order valence-electron chi connectivity index (χ3n) is 4.55. The van der Waals surface area contributed by atoms with E-state index in [9.17, 15) is 5.11 Å². The SMILES string of the molecule is CC(C)N1CCN(CC[C@@H](CO)CCC(C)(C)C)CC1. The second-order valence-corrected chi connectivity index (χ2v) is 7.91. The molecule has 1 saturated heterocycles. The van der Waals surface area contributed by atoms with Crippen molar-refractivity contribution in [1.82, 2.24) is 9.80 Å². The van der Waals surface area contributed by atoms with Crippen molar-refractivity contribution >= 4 is 0 Å². The van der Waals surface area contributed by atoms with Gasteiger partial charge in [-0.1, -0.05) is 20.8 Å². The van der Waals surface area contributed by atoms with Gasteiger partial charge in [0.15, 0.2) is 0 Å². The van der Waals surface area contributed by atoms with Gasteiger partial charge in [0, 0.05) is 38.8 Å². The molecule has 0 aliphatic carbocycles. The van der Waals surface area contributed by atoms with E-state index < -0.39 is 0 Å². The van der Waals surface area contributed by atoms with Gasteiger partial charge < -0.3 is 10.0 Å². The van der Waals surface area contributed by atoms with Crippen LogP contribution >= 0.6 is 0 Å². The highest BCUT2D eigenvalue weighted by atomic mass is 16.3. The van der Waals surface area contributed by atoms with Gasteiger partial charge in [-0.05, 0) is 51.0 Å². The molecule has 0 bridgehead atoms. The van der Waals surface area contributed by atoms with Crippen molar-refractivity contribution in [2.45, 2.75) is 59.9 Å². The average Bonchev–Trinajstić information content (AvgIpc) is 2.38. The summed E-state index contributed by atoms with van der Waals surface area (Å²) in [7, 11) is 0. The minimum Gasteiger partial charge on any atom is -0.396 e. The Morgan fingerprint density at radius 1 is 1.00 bits per heavy atom. The summed E-state index contributed by atoms with van der Waals surface area (Å²) in [6.45, 7) is 17.7. The van der Waals surface area contributed by atoms with Crippen LogP contribution in [0.1, 0.15) is 53.9 Å². The molecule has 1 atom stereocenters. The molecule has 0 spiro atoms. The number of piperazine rings is 1. The van der Waals surface area contributed by atoms with Crippen LogP contribution in [-0.2, 0) is 0 Å². The van der Waals surface area contributed by atoms with E-state index in [-0.39, 0.29) is 0 Å². The van der Waals surface area contributed by atoms with E-state index in [1.807, 2.05) is 0 Å². The molecule has 0 amide bonds. The minimum absolute atomic E-state index is 0.349. The molecule has 0 unspecified atom stereocenters. The molecule has 3 nitrogen and oxygen atoms in total. The molecule has 120 valence electrons. The average molecular weight is 284 g/mol. The lowest BCUT2D eigenvalue weighted by Crippen LogP contribution is -2.49. The van der Waals surface area contributed by atoms with Crippen molar-refractivity contribution < 1.29 is 5.11 Å². The van der Waals surface area contributed by atoms with Crippen molar-refractivity contribution in [3.63, 3.8) is 0 Å². The number of aliphatic hydroxyl groups excluding tert-OH is 1. The first-order chi connectivity index (χ1) is 9.31. The number of nitrogens with zero attached hydrogens (tertiary/aromatic N) is 2. The van der Waals surface area contributed by atoms with Crippen molar-refractivity contribution in [2.75, 3.05) is 39.3 Å². The second kappa shape index (κ2) is 8.35. The van der Waals surface area contributed by atoms with E-state index in [2.05, 4.69) is 44.4 Å². The summed E-state index contributed by atoms with van der Waals surface area (Å²) in [5, 5.41) is 9.54. The molecule has 0 aromatic carbocycles. The smallest absolute Gasteiger partial charge is 0.0459 e. The summed E-state index contributed by atoms with van der Waals surface area (Å²) in [5.41, 5.74) is 0.385. The van der Waals surface area contributed by atoms with Gasteiger partial charge in [0.2, 0.25) is 0 Å². The number of hydrogen-bond donors (Lipinski definition) is 1. The van der Waals surface area contributed by atoms with Gasteiger partial charge in [-0.2, -0.15) is 0 Å². The predicted octanol–water partition coefficient (Wildman–Crippen LogP) is 2.84. The molecule has 1 aliphatic rings. The van der Waals surface area contributed by atoms with Crippen LogP contribution in [0.5, 0.6) is 0 Å². The normalized spacial score (nSPS) is 20.6. The molecule has 0 aromatic heterocycles. The van der Waals surface area contributed by atoms with Crippen molar-refractivity contribution in [3.05, 3.63) is 0 Å². The van der Waals surface area contributed by atoms with Gasteiger partial charge >= 0.3 is 0 Å². The minimum atomic E-state index is 0.349. The third-order valence-corrected chi connectivity index (χ3v) is 4.55. The number of rotatable bonds is 7. The monoisotopic (exact) mass is 284 g/mol. The molecule has 0 radical (unpaired) electrons. The summed E-state index contributed by atoms with van der Waals surface area (Å²) in [5.74, 6) is 0.484. The predicted molar refractivity (Wildman–Crippen MR) is 87.0 cm³/mol. The van der Waals surface area contributed by atoms with E-state index in [1.165, 1.54) is 32.6 Å². The first-order valence-corrected chi connectivity index (χ1v) is 8.39. The molecular formula is C17H36N2O. The highest BCUT2D eigenvalue weighted by Gasteiger charge is 2.20. The van der Waals surface area contributed by atoms with Gasteiger partial charge in [0.05, 0.1) is 0 Å². The zero-order valence-electron chi connectivity index (χ0n) is 14.4. The lowest BCUT2D eigenvalue weighted by molar-refractivity contribution is 0.0973. The quantitative estimate of drug-likeness (QED) is 0.779. The Morgan fingerprint density at radius 2 is 1.60 bits per heavy atom. The van der Waals surface area contributed by atoms with E-state index in [4.69, 9.17) is 0 Å². The Labute approximate surface area is 126 Å². The first kappa shape index (κ1) is 17.9. The maximum atomic E-state index is 9.54. The molecule has 1 rings (SSSR count). The van der Waals surface area contributed by atoms with Crippen LogP contribution in [0, 0.1) is 11.3 Å². The zero-order chi connectivity index (χ0) is 15.2. The molecule has 1 fully saturated rings. The number of hydrogen-bond acceptors (Lipinski definition) is 3. The van der Waals surface area contributed by atoms with Crippen LogP contribution < -0.4 is 0 Å². The fraction of sp³-hybridized carbons (Fsp3) is 1.00. The van der Waals surface area contributed by atoms with Gasteiger partial charge in [-0.3, -0.25) is 4.90 Å². The molecule has 3 heteroatoms. The van der Waals surface area contributed by atoms with Crippen LogP contribution in [0.4, 0.5) is 0 Å². The van der Waals surface area contributed by atoms with Gasteiger partial charge in [-0.15, -0.1) is 0 Å². The summed E-state index contributed by atoms with van der Waals surface area (Å²) in [4.78, 5) is 5.12. The Kier molecular flexibility index (Phi) is 7.49. The lowest BCUT2D eigenvalue weighted by atomic mass is 9.86. The van der Waals surface area contributed by atoms with E-state index in [0.717, 1.165) is 19.4 Å². The largest absolute Gasteiger partial charge is 0.396 e. The zero-order valence-corrected chi connectivity index (χ0v) is 14.4. The summed E-state index contributed by atoms with van der Waals surface area (Å²) >= 11 is 0. The van der Waals surface area contributed by atoms with Gasteiger partial charge in [-0.25, -0.2) is 0 Å². The Bertz CT molecular complexity index is 252. The Hall–Kier alpha value is -0.120. The van der Waals surface area contributed by atoms with Crippen LogP contribution in [-0.4, -0.2) is 60.3 Å². The van der Waals surface area contributed by atoms with Crippen molar-refractivity contribution in [1.29, 1.82) is 0 Å². The Morgan fingerprint density at radius 3 is 2.05 bits per heavy atom. The highest BCUT2D eigenvalue weighted by Crippen LogP contribution is 2.25. The lowest BCUT2D eigenvalue weighted by Gasteiger charge is -2.37. The highest BCUT2D eigenvalue weighted by molar-refractivity contribution is 4.75. The van der Waals surface area contributed by atoms with Gasteiger partial charge in [0.25, 0.3) is 0 Å². The third kappa shape index (κ3) is 7.05. The van der Waals surface area contributed by atoms with Crippen LogP contribution in [0.25, 0.3) is 0 Å². The molecule has 1 aliphatic heterocycles. The summed E-state index contributed by atoms with van der Waals surface area (Å²) in [6.07, 6.45) is 3.51. The topological polar surface area (TPSA) is 26.7 Å². The van der Waals surface area contributed by atoms with Crippen molar-refractivity contribution in [2.24, 2.45) is 11.3 Å². The summed E-state index contributed by atoms with van der Waals surface area (Å²) in [6, 6.07) is 0.675. The maximum absolute atomic E-state index is 9.54. The van der Waals surface area contributed by atoms with Crippen LogP contribution in [0.15, 0.2) is 0 Å². The first-order valence-electron chi connectivity index (χ1n) is 8.39.